The monoisotopic (exact) mass is 290 g/mol. The first-order valence-electron chi connectivity index (χ1n) is 7.86. The van der Waals surface area contributed by atoms with E-state index in [1.165, 1.54) is 17.5 Å². The number of nitrogens with zero attached hydrogens (tertiary/aromatic N) is 1. The molecule has 0 radical (unpaired) electrons. The predicted octanol–water partition coefficient (Wildman–Crippen LogP) is 1.50. The Morgan fingerprint density at radius 3 is 2.76 bits per heavy atom. The van der Waals surface area contributed by atoms with Crippen molar-refractivity contribution in [2.45, 2.75) is 38.6 Å². The number of rotatable bonds is 7. The molecule has 4 nitrogen and oxygen atoms in total. The van der Waals surface area contributed by atoms with E-state index in [0.717, 1.165) is 19.4 Å². The molecule has 1 amide bonds. The van der Waals surface area contributed by atoms with Gasteiger partial charge in [0.2, 0.25) is 5.91 Å². The fraction of sp³-hybridized carbons (Fsp3) is 0.588. The number of hydrogen-bond donors (Lipinski definition) is 2. The van der Waals surface area contributed by atoms with Crippen LogP contribution in [0.25, 0.3) is 0 Å². The van der Waals surface area contributed by atoms with E-state index in [9.17, 15) is 4.79 Å². The summed E-state index contributed by atoms with van der Waals surface area (Å²) in [5.74, 6) is 0.137. The summed E-state index contributed by atoms with van der Waals surface area (Å²) in [4.78, 5) is 14.2. The Kier molecular flexibility index (Phi) is 6.21. The van der Waals surface area contributed by atoms with Gasteiger partial charge in [-0.3, -0.25) is 4.79 Å². The smallest absolute Gasteiger partial charge is 0.223 e. The van der Waals surface area contributed by atoms with Gasteiger partial charge in [0.15, 0.2) is 0 Å². The van der Waals surface area contributed by atoms with E-state index >= 15 is 0 Å². The van der Waals surface area contributed by atoms with E-state index in [0.29, 0.717) is 25.6 Å². The molecule has 1 saturated heterocycles. The van der Waals surface area contributed by atoms with Gasteiger partial charge in [-0.1, -0.05) is 29.8 Å². The van der Waals surface area contributed by atoms with Gasteiger partial charge in [0.1, 0.15) is 0 Å². The Morgan fingerprint density at radius 1 is 1.38 bits per heavy atom. The second-order valence-corrected chi connectivity index (χ2v) is 5.84. The first kappa shape index (κ1) is 16.0. The Labute approximate surface area is 127 Å². The van der Waals surface area contributed by atoms with Crippen molar-refractivity contribution in [1.82, 2.24) is 10.2 Å². The average Bonchev–Trinajstić information content (AvgIpc) is 2.99. The van der Waals surface area contributed by atoms with Crippen molar-refractivity contribution in [2.75, 3.05) is 26.2 Å². The molecule has 0 aliphatic carbocycles. The zero-order valence-corrected chi connectivity index (χ0v) is 12.8. The molecule has 0 saturated carbocycles. The molecule has 1 fully saturated rings. The summed E-state index contributed by atoms with van der Waals surface area (Å²) in [6.07, 6.45) is 3.57. The molecular weight excluding hydrogens is 264 g/mol. The van der Waals surface area contributed by atoms with Crippen molar-refractivity contribution >= 4 is 5.91 Å². The third kappa shape index (κ3) is 5.14. The van der Waals surface area contributed by atoms with E-state index in [1.54, 1.807) is 4.90 Å². The first-order valence-corrected chi connectivity index (χ1v) is 7.86. The van der Waals surface area contributed by atoms with Crippen LogP contribution in [0.5, 0.6) is 0 Å². The zero-order chi connectivity index (χ0) is 15.1. The van der Waals surface area contributed by atoms with Gasteiger partial charge in [0.25, 0.3) is 0 Å². The number of carbonyl (C=O) groups is 1. The van der Waals surface area contributed by atoms with Crippen molar-refractivity contribution in [3.63, 3.8) is 0 Å². The highest BCUT2D eigenvalue weighted by Gasteiger charge is 2.20. The lowest BCUT2D eigenvalue weighted by molar-refractivity contribution is -0.132. The summed E-state index contributed by atoms with van der Waals surface area (Å²) >= 11 is 0. The van der Waals surface area contributed by atoms with Crippen LogP contribution in [-0.4, -0.2) is 48.2 Å². The molecule has 2 rings (SSSR count). The molecule has 2 N–H and O–H groups in total. The van der Waals surface area contributed by atoms with E-state index < -0.39 is 0 Å². The summed E-state index contributed by atoms with van der Waals surface area (Å²) in [5, 5.41) is 12.6. The molecule has 1 atom stereocenters. The fourth-order valence-corrected chi connectivity index (χ4v) is 2.78. The van der Waals surface area contributed by atoms with Crippen molar-refractivity contribution in [3.8, 4) is 0 Å². The Bertz CT molecular complexity index is 439. The van der Waals surface area contributed by atoms with Crippen LogP contribution in [0.2, 0.25) is 0 Å². The van der Waals surface area contributed by atoms with Crippen LogP contribution < -0.4 is 5.32 Å². The Balaban J connectivity index is 1.83. The number of aliphatic hydroxyl groups is 1. The van der Waals surface area contributed by atoms with Crippen LogP contribution in [0.4, 0.5) is 0 Å². The van der Waals surface area contributed by atoms with Crippen LogP contribution in [0.1, 0.15) is 30.4 Å². The molecule has 1 aliphatic rings. The zero-order valence-electron chi connectivity index (χ0n) is 12.8. The van der Waals surface area contributed by atoms with E-state index in [-0.39, 0.29) is 12.5 Å². The first-order chi connectivity index (χ1) is 10.2. The lowest BCUT2D eigenvalue weighted by atomic mass is 10.1. The molecule has 1 aromatic rings. The second-order valence-electron chi connectivity index (χ2n) is 5.84. The van der Waals surface area contributed by atoms with E-state index in [2.05, 4.69) is 36.5 Å². The Hall–Kier alpha value is -1.39. The highest BCUT2D eigenvalue weighted by molar-refractivity contribution is 5.76. The van der Waals surface area contributed by atoms with E-state index in [4.69, 9.17) is 5.11 Å². The van der Waals surface area contributed by atoms with Gasteiger partial charge in [-0.25, -0.2) is 0 Å². The number of hydrogen-bond acceptors (Lipinski definition) is 3. The number of aliphatic hydroxyl groups excluding tert-OH is 1. The normalized spacial score (nSPS) is 17.9. The molecule has 4 heteroatoms. The lowest BCUT2D eigenvalue weighted by Gasteiger charge is -2.25. The molecule has 21 heavy (non-hydrogen) atoms. The summed E-state index contributed by atoms with van der Waals surface area (Å²) < 4.78 is 0. The van der Waals surface area contributed by atoms with Crippen molar-refractivity contribution in [2.24, 2.45) is 0 Å². The number of carbonyl (C=O) groups excluding carboxylic acids is 1. The van der Waals surface area contributed by atoms with Crippen LogP contribution in [-0.2, 0) is 11.2 Å². The minimum absolute atomic E-state index is 0.0307. The fourth-order valence-electron chi connectivity index (χ4n) is 2.78. The molecule has 0 bridgehead atoms. The van der Waals surface area contributed by atoms with Gasteiger partial charge < -0.3 is 15.3 Å². The van der Waals surface area contributed by atoms with Gasteiger partial charge in [-0.15, -0.1) is 0 Å². The predicted molar refractivity (Wildman–Crippen MR) is 84.2 cm³/mol. The van der Waals surface area contributed by atoms with Crippen LogP contribution in [0, 0.1) is 6.92 Å². The molecule has 0 spiro atoms. The Morgan fingerprint density at radius 2 is 2.14 bits per heavy atom. The molecule has 116 valence electrons. The van der Waals surface area contributed by atoms with Gasteiger partial charge in [0.05, 0.1) is 6.61 Å². The maximum atomic E-state index is 12.3. The van der Waals surface area contributed by atoms with Gasteiger partial charge in [0, 0.05) is 25.6 Å². The van der Waals surface area contributed by atoms with Gasteiger partial charge in [-0.05, 0) is 38.3 Å². The van der Waals surface area contributed by atoms with Crippen molar-refractivity contribution < 1.29 is 9.90 Å². The minimum atomic E-state index is 0.0307. The number of aryl methyl sites for hydroxylation is 2. The summed E-state index contributed by atoms with van der Waals surface area (Å²) in [7, 11) is 0. The third-order valence-corrected chi connectivity index (χ3v) is 4.07. The lowest BCUT2D eigenvalue weighted by Crippen LogP contribution is -2.42. The highest BCUT2D eigenvalue weighted by atomic mass is 16.3. The van der Waals surface area contributed by atoms with E-state index in [1.807, 2.05) is 0 Å². The summed E-state index contributed by atoms with van der Waals surface area (Å²) in [5.41, 5.74) is 2.43. The SMILES string of the molecule is Cc1ccc(CCC(=O)N(CCO)CC2CCCN2)cc1. The molecule has 0 aromatic heterocycles. The molecule has 1 unspecified atom stereocenters. The quantitative estimate of drug-likeness (QED) is 0.800. The van der Waals surface area contributed by atoms with Crippen LogP contribution >= 0.6 is 0 Å². The standard InChI is InChI=1S/C17H26N2O2/c1-14-4-6-15(7-5-14)8-9-17(21)19(11-12-20)13-16-3-2-10-18-16/h4-7,16,18,20H,2-3,8-13H2,1H3. The average molecular weight is 290 g/mol. The van der Waals surface area contributed by atoms with Gasteiger partial charge >= 0.3 is 0 Å². The largest absolute Gasteiger partial charge is 0.395 e. The van der Waals surface area contributed by atoms with Crippen LogP contribution in [0.15, 0.2) is 24.3 Å². The van der Waals surface area contributed by atoms with Crippen LogP contribution in [0.3, 0.4) is 0 Å². The number of benzene rings is 1. The third-order valence-electron chi connectivity index (χ3n) is 4.07. The maximum absolute atomic E-state index is 12.3. The molecule has 1 heterocycles. The number of nitrogens with one attached hydrogen (secondary N) is 1. The number of amides is 1. The van der Waals surface area contributed by atoms with Crippen molar-refractivity contribution in [3.05, 3.63) is 35.4 Å². The van der Waals surface area contributed by atoms with Gasteiger partial charge in [-0.2, -0.15) is 0 Å². The molecular formula is C17H26N2O2. The minimum Gasteiger partial charge on any atom is -0.395 e. The topological polar surface area (TPSA) is 52.6 Å². The second kappa shape index (κ2) is 8.15. The summed E-state index contributed by atoms with van der Waals surface area (Å²) in [6.45, 7) is 4.28. The molecule has 1 aliphatic heterocycles. The summed E-state index contributed by atoms with van der Waals surface area (Å²) in [6, 6.07) is 8.70. The molecule has 1 aromatic carbocycles. The highest BCUT2D eigenvalue weighted by Crippen LogP contribution is 2.10. The van der Waals surface area contributed by atoms with Crippen molar-refractivity contribution in [1.29, 1.82) is 0 Å². The maximum Gasteiger partial charge on any atom is 0.223 e.